The van der Waals surface area contributed by atoms with Crippen LogP contribution < -0.4 is 10.2 Å². The van der Waals surface area contributed by atoms with Crippen molar-refractivity contribution in [3.63, 3.8) is 0 Å². The molecule has 1 N–H and O–H groups in total. The first kappa shape index (κ1) is 17.9. The van der Waals surface area contributed by atoms with Crippen molar-refractivity contribution in [2.45, 2.75) is 41.0 Å². The Bertz CT molecular complexity index is 827. The van der Waals surface area contributed by atoms with E-state index >= 15 is 0 Å². The minimum absolute atomic E-state index is 0.0848. The molecule has 0 aliphatic carbocycles. The van der Waals surface area contributed by atoms with E-state index < -0.39 is 0 Å². The number of carbonyl (C=O) groups excluding carboxylic acids is 1. The third kappa shape index (κ3) is 3.15. The zero-order chi connectivity index (χ0) is 18.3. The number of nitrogens with one attached hydrogen (secondary N) is 1. The van der Waals surface area contributed by atoms with Gasteiger partial charge in [-0.3, -0.25) is 9.69 Å². The van der Waals surface area contributed by atoms with E-state index in [4.69, 9.17) is 0 Å². The Labute approximate surface area is 157 Å². The summed E-state index contributed by atoms with van der Waals surface area (Å²) in [6.45, 7) is 10.7. The number of rotatable bonds is 3. The highest BCUT2D eigenvalue weighted by Crippen LogP contribution is 2.41. The van der Waals surface area contributed by atoms with Gasteiger partial charge >= 0.3 is 0 Å². The van der Waals surface area contributed by atoms with Crippen molar-refractivity contribution in [2.24, 2.45) is 5.92 Å². The largest absolute Gasteiger partial charge is 0.370 e. The fourth-order valence-corrected chi connectivity index (χ4v) is 4.14. The number of aryl methyl sites for hydroxylation is 3. The number of benzene rings is 1. The predicted molar refractivity (Wildman–Crippen MR) is 105 cm³/mol. The first-order valence-corrected chi connectivity index (χ1v) is 9.34. The van der Waals surface area contributed by atoms with Crippen molar-refractivity contribution in [2.75, 3.05) is 16.8 Å². The number of hydrogen-bond acceptors (Lipinski definition) is 4. The van der Waals surface area contributed by atoms with Gasteiger partial charge in [-0.1, -0.05) is 22.9 Å². The van der Waals surface area contributed by atoms with Crippen LogP contribution >= 0.6 is 15.9 Å². The van der Waals surface area contributed by atoms with Crippen molar-refractivity contribution in [1.82, 2.24) is 9.97 Å². The number of nitrogens with zero attached hydrogens (tertiary/aromatic N) is 3. The van der Waals surface area contributed by atoms with Crippen molar-refractivity contribution >= 4 is 39.2 Å². The molecule has 0 spiro atoms. The Morgan fingerprint density at radius 2 is 1.88 bits per heavy atom. The van der Waals surface area contributed by atoms with Crippen LogP contribution in [0.2, 0.25) is 0 Å². The van der Waals surface area contributed by atoms with Crippen LogP contribution in [0.1, 0.15) is 36.4 Å². The predicted octanol–water partition coefficient (Wildman–Crippen LogP) is 4.45. The number of anilines is 3. The zero-order valence-electron chi connectivity index (χ0n) is 15.3. The minimum atomic E-state index is -0.112. The second kappa shape index (κ2) is 6.75. The molecule has 1 aromatic carbocycles. The van der Waals surface area contributed by atoms with Gasteiger partial charge in [-0.2, -0.15) is 0 Å². The fourth-order valence-electron chi connectivity index (χ4n) is 3.46. The summed E-state index contributed by atoms with van der Waals surface area (Å²) in [5, 5.41) is 3.33. The summed E-state index contributed by atoms with van der Waals surface area (Å²) >= 11 is 3.53. The molecule has 1 unspecified atom stereocenters. The highest BCUT2D eigenvalue weighted by molar-refractivity contribution is 9.10. The molecule has 2 heterocycles. The lowest BCUT2D eigenvalue weighted by Crippen LogP contribution is -2.39. The molecule has 0 fully saturated rings. The molecule has 6 heteroatoms. The Morgan fingerprint density at radius 3 is 2.48 bits per heavy atom. The van der Waals surface area contributed by atoms with E-state index in [2.05, 4.69) is 31.2 Å². The highest BCUT2D eigenvalue weighted by atomic mass is 79.9. The number of aromatic nitrogens is 2. The van der Waals surface area contributed by atoms with Crippen LogP contribution in [0.4, 0.5) is 17.3 Å². The summed E-state index contributed by atoms with van der Waals surface area (Å²) in [4.78, 5) is 24.1. The lowest BCUT2D eigenvalue weighted by atomic mass is 9.93. The number of carbonyl (C=O) groups is 1. The SMILES string of the molecule is CCNc1nc(C)nc2c1CC(C)C(=O)N2c1c(C)cc(Br)cc1C. The maximum atomic E-state index is 13.1. The van der Waals surface area contributed by atoms with Crippen LogP contribution in [-0.2, 0) is 11.2 Å². The first-order chi connectivity index (χ1) is 11.8. The lowest BCUT2D eigenvalue weighted by molar-refractivity contribution is -0.121. The Balaban J connectivity index is 2.27. The average Bonchev–Trinajstić information content (AvgIpc) is 2.51. The van der Waals surface area contributed by atoms with Crippen LogP contribution in [0.15, 0.2) is 16.6 Å². The molecule has 1 aliphatic heterocycles. The zero-order valence-corrected chi connectivity index (χ0v) is 16.9. The molecule has 1 aliphatic rings. The quantitative estimate of drug-likeness (QED) is 0.823. The summed E-state index contributed by atoms with van der Waals surface area (Å²) in [6.07, 6.45) is 0.655. The van der Waals surface area contributed by atoms with E-state index in [0.717, 1.165) is 39.2 Å². The van der Waals surface area contributed by atoms with Gasteiger partial charge in [0.15, 0.2) is 0 Å². The molecule has 5 nitrogen and oxygen atoms in total. The number of halogens is 1. The summed E-state index contributed by atoms with van der Waals surface area (Å²) in [7, 11) is 0. The molecule has 1 amide bonds. The molecule has 1 atom stereocenters. The third-order valence-electron chi connectivity index (χ3n) is 4.48. The fraction of sp³-hybridized carbons (Fsp3) is 0.421. The van der Waals surface area contributed by atoms with Crippen LogP contribution in [0.25, 0.3) is 0 Å². The van der Waals surface area contributed by atoms with Gasteiger partial charge in [-0.05, 0) is 57.4 Å². The second-order valence-electron chi connectivity index (χ2n) is 6.62. The molecule has 0 saturated carbocycles. The minimum Gasteiger partial charge on any atom is -0.370 e. The molecular weight excluding hydrogens is 380 g/mol. The molecule has 3 rings (SSSR count). The second-order valence-corrected chi connectivity index (χ2v) is 7.53. The van der Waals surface area contributed by atoms with E-state index in [0.29, 0.717) is 18.1 Å². The van der Waals surface area contributed by atoms with E-state index in [1.807, 2.05) is 46.8 Å². The molecular formula is C19H23BrN4O. The Kier molecular flexibility index (Phi) is 4.82. The van der Waals surface area contributed by atoms with Crippen LogP contribution in [0.5, 0.6) is 0 Å². The Morgan fingerprint density at radius 1 is 1.24 bits per heavy atom. The summed E-state index contributed by atoms with van der Waals surface area (Å²) < 4.78 is 1.01. The maximum Gasteiger partial charge on any atom is 0.235 e. The van der Waals surface area contributed by atoms with Gasteiger partial charge in [0.25, 0.3) is 0 Å². The maximum absolute atomic E-state index is 13.1. The number of fused-ring (bicyclic) bond motifs is 1. The summed E-state index contributed by atoms with van der Waals surface area (Å²) in [5.41, 5.74) is 4.02. The molecule has 0 bridgehead atoms. The van der Waals surface area contributed by atoms with Gasteiger partial charge in [0.05, 0.1) is 5.69 Å². The highest BCUT2D eigenvalue weighted by Gasteiger charge is 2.36. The average molecular weight is 403 g/mol. The van der Waals surface area contributed by atoms with Gasteiger partial charge in [-0.15, -0.1) is 0 Å². The van der Waals surface area contributed by atoms with Crippen LogP contribution in [0.3, 0.4) is 0 Å². The van der Waals surface area contributed by atoms with Crippen molar-refractivity contribution < 1.29 is 4.79 Å². The summed E-state index contributed by atoms with van der Waals surface area (Å²) in [6, 6.07) is 4.07. The first-order valence-electron chi connectivity index (χ1n) is 8.55. The van der Waals surface area contributed by atoms with Gasteiger partial charge in [0.1, 0.15) is 17.5 Å². The van der Waals surface area contributed by atoms with Gasteiger partial charge < -0.3 is 5.32 Å². The van der Waals surface area contributed by atoms with E-state index in [-0.39, 0.29) is 11.8 Å². The molecule has 132 valence electrons. The summed E-state index contributed by atoms with van der Waals surface area (Å²) in [5.74, 6) is 2.18. The van der Waals surface area contributed by atoms with E-state index in [9.17, 15) is 4.79 Å². The van der Waals surface area contributed by atoms with Crippen LogP contribution in [0, 0.1) is 26.7 Å². The monoisotopic (exact) mass is 402 g/mol. The lowest BCUT2D eigenvalue weighted by Gasteiger charge is -2.34. The van der Waals surface area contributed by atoms with Crippen molar-refractivity contribution in [3.8, 4) is 0 Å². The van der Waals surface area contributed by atoms with Gasteiger partial charge in [-0.25, -0.2) is 9.97 Å². The third-order valence-corrected chi connectivity index (χ3v) is 4.94. The molecule has 25 heavy (non-hydrogen) atoms. The number of hydrogen-bond donors (Lipinski definition) is 1. The van der Waals surface area contributed by atoms with E-state index in [1.54, 1.807) is 4.90 Å². The van der Waals surface area contributed by atoms with Crippen molar-refractivity contribution in [1.29, 1.82) is 0 Å². The standard InChI is InChI=1S/C19H23BrN4O/c1-6-21-17-15-9-12(4)19(25)24(18(15)23-13(5)22-17)16-10(2)7-14(20)8-11(16)3/h7-8,12H,6,9H2,1-5H3,(H,21,22,23). The topological polar surface area (TPSA) is 58.1 Å². The number of amides is 1. The molecule has 1 aromatic heterocycles. The molecule has 0 radical (unpaired) electrons. The molecule has 0 saturated heterocycles. The van der Waals surface area contributed by atoms with Crippen LogP contribution in [-0.4, -0.2) is 22.4 Å². The van der Waals surface area contributed by atoms with Gasteiger partial charge in [0.2, 0.25) is 5.91 Å². The molecule has 2 aromatic rings. The Hall–Kier alpha value is -1.95. The van der Waals surface area contributed by atoms with E-state index in [1.165, 1.54) is 0 Å². The van der Waals surface area contributed by atoms with Crippen molar-refractivity contribution in [3.05, 3.63) is 39.1 Å². The normalized spacial score (nSPS) is 16.8. The smallest absolute Gasteiger partial charge is 0.235 e. The van der Waals surface area contributed by atoms with Gasteiger partial charge in [0, 0.05) is 22.5 Å².